The second kappa shape index (κ2) is 6.57. The first-order valence-corrected chi connectivity index (χ1v) is 7.00. The van der Waals surface area contributed by atoms with Crippen LogP contribution in [0.1, 0.15) is 38.5 Å². The lowest BCUT2D eigenvalue weighted by Crippen LogP contribution is -2.23. The fourth-order valence-corrected chi connectivity index (χ4v) is 2.66. The summed E-state index contributed by atoms with van der Waals surface area (Å²) in [5.74, 6) is 2.81. The van der Waals surface area contributed by atoms with Crippen molar-refractivity contribution >= 4 is 11.6 Å². The fraction of sp³-hybridized carbons (Fsp3) is 0.714. The Balaban J connectivity index is 1.84. The van der Waals surface area contributed by atoms with Crippen LogP contribution in [0, 0.1) is 5.92 Å². The molecule has 4 heteroatoms. The molecule has 1 aromatic rings. The highest BCUT2D eigenvalue weighted by Crippen LogP contribution is 2.26. The van der Waals surface area contributed by atoms with Gasteiger partial charge in [0.2, 0.25) is 0 Å². The first kappa shape index (κ1) is 13.1. The Hall–Kier alpha value is -1.32. The molecule has 0 aliphatic heterocycles. The second-order valence-corrected chi connectivity index (χ2v) is 5.23. The summed E-state index contributed by atoms with van der Waals surface area (Å²) in [6.45, 7) is 1.09. The van der Waals surface area contributed by atoms with Crippen molar-refractivity contribution in [2.75, 3.05) is 30.9 Å². The quantitative estimate of drug-likeness (QED) is 0.870. The zero-order chi connectivity index (χ0) is 12.8. The maximum atomic E-state index is 4.33. The van der Waals surface area contributed by atoms with Gasteiger partial charge in [-0.15, -0.1) is 0 Å². The summed E-state index contributed by atoms with van der Waals surface area (Å²) in [4.78, 5) is 10.7. The third-order valence-electron chi connectivity index (χ3n) is 3.90. The lowest BCUT2D eigenvalue weighted by atomic mass is 9.87. The highest BCUT2D eigenvalue weighted by atomic mass is 15.2. The zero-order valence-corrected chi connectivity index (χ0v) is 11.5. The Morgan fingerprint density at radius 2 is 2.06 bits per heavy atom. The maximum Gasteiger partial charge on any atom is 0.133 e. The Kier molecular flexibility index (Phi) is 4.79. The van der Waals surface area contributed by atoms with E-state index in [1.807, 2.05) is 13.1 Å². The minimum Gasteiger partial charge on any atom is -0.373 e. The molecule has 0 amide bonds. The highest BCUT2D eigenvalue weighted by molar-refractivity contribution is 5.47. The van der Waals surface area contributed by atoms with Crippen molar-refractivity contribution in [3.63, 3.8) is 0 Å². The normalized spacial score (nSPS) is 16.6. The van der Waals surface area contributed by atoms with Crippen LogP contribution in [-0.2, 0) is 0 Å². The van der Waals surface area contributed by atoms with Crippen molar-refractivity contribution in [2.24, 2.45) is 5.92 Å². The molecule has 18 heavy (non-hydrogen) atoms. The molecule has 0 unspecified atom stereocenters. The maximum absolute atomic E-state index is 4.33. The van der Waals surface area contributed by atoms with Gasteiger partial charge < -0.3 is 10.2 Å². The number of nitrogens with zero attached hydrogens (tertiary/aromatic N) is 3. The van der Waals surface area contributed by atoms with E-state index in [2.05, 4.69) is 27.2 Å². The van der Waals surface area contributed by atoms with E-state index in [1.54, 1.807) is 6.33 Å². The summed E-state index contributed by atoms with van der Waals surface area (Å²) >= 11 is 0. The number of rotatable bonds is 5. The van der Waals surface area contributed by atoms with Gasteiger partial charge in [-0.25, -0.2) is 9.97 Å². The molecule has 2 rings (SSSR count). The number of nitrogens with one attached hydrogen (secondary N) is 1. The van der Waals surface area contributed by atoms with E-state index >= 15 is 0 Å². The summed E-state index contributed by atoms with van der Waals surface area (Å²) in [6.07, 6.45) is 10.0. The van der Waals surface area contributed by atoms with Crippen LogP contribution >= 0.6 is 0 Å². The van der Waals surface area contributed by atoms with Gasteiger partial charge in [0.05, 0.1) is 0 Å². The molecule has 0 aromatic carbocycles. The molecule has 1 aliphatic rings. The molecule has 1 N–H and O–H groups in total. The molecule has 1 heterocycles. The van der Waals surface area contributed by atoms with Crippen LogP contribution in [0.15, 0.2) is 12.4 Å². The molecular formula is C14H24N4. The largest absolute Gasteiger partial charge is 0.373 e. The van der Waals surface area contributed by atoms with Crippen LogP contribution in [0.25, 0.3) is 0 Å². The van der Waals surface area contributed by atoms with E-state index < -0.39 is 0 Å². The molecule has 1 aromatic heterocycles. The van der Waals surface area contributed by atoms with E-state index in [1.165, 1.54) is 38.5 Å². The van der Waals surface area contributed by atoms with E-state index in [0.717, 1.165) is 24.1 Å². The number of hydrogen-bond acceptors (Lipinski definition) is 4. The minimum atomic E-state index is 0.879. The van der Waals surface area contributed by atoms with Gasteiger partial charge in [0.25, 0.3) is 0 Å². The Bertz CT molecular complexity index is 361. The fourth-order valence-electron chi connectivity index (χ4n) is 2.66. The van der Waals surface area contributed by atoms with E-state index in [0.29, 0.717) is 0 Å². The summed E-state index contributed by atoms with van der Waals surface area (Å²) in [5, 5.41) is 3.05. The lowest BCUT2D eigenvalue weighted by molar-refractivity contribution is 0.341. The van der Waals surface area contributed by atoms with Crippen LogP contribution < -0.4 is 10.2 Å². The standard InChI is InChI=1S/C14H24N4/c1-15-13-10-14(17-11-16-13)18(2)9-8-12-6-4-3-5-7-12/h10-12H,3-9H2,1-2H3,(H,15,16,17). The van der Waals surface area contributed by atoms with Crippen LogP contribution in [-0.4, -0.2) is 30.6 Å². The van der Waals surface area contributed by atoms with Crippen LogP contribution in [0.5, 0.6) is 0 Å². The molecule has 0 bridgehead atoms. The van der Waals surface area contributed by atoms with E-state index in [9.17, 15) is 0 Å². The van der Waals surface area contributed by atoms with Gasteiger partial charge in [0.1, 0.15) is 18.0 Å². The average Bonchev–Trinajstić information content (AvgIpc) is 2.46. The van der Waals surface area contributed by atoms with Crippen LogP contribution in [0.3, 0.4) is 0 Å². The Morgan fingerprint density at radius 3 is 2.78 bits per heavy atom. The summed E-state index contributed by atoms with van der Waals surface area (Å²) in [6, 6.07) is 2.00. The van der Waals surface area contributed by atoms with Crippen LogP contribution in [0.4, 0.5) is 11.6 Å². The van der Waals surface area contributed by atoms with Crippen LogP contribution in [0.2, 0.25) is 0 Å². The summed E-state index contributed by atoms with van der Waals surface area (Å²) < 4.78 is 0. The van der Waals surface area contributed by atoms with Crippen molar-refractivity contribution in [2.45, 2.75) is 38.5 Å². The zero-order valence-electron chi connectivity index (χ0n) is 11.5. The molecule has 0 spiro atoms. The lowest BCUT2D eigenvalue weighted by Gasteiger charge is -2.25. The van der Waals surface area contributed by atoms with Gasteiger partial charge in [0, 0.05) is 26.7 Å². The molecule has 1 aliphatic carbocycles. The SMILES string of the molecule is CNc1cc(N(C)CCC2CCCCC2)ncn1. The smallest absolute Gasteiger partial charge is 0.133 e. The van der Waals surface area contributed by atoms with Gasteiger partial charge >= 0.3 is 0 Å². The minimum absolute atomic E-state index is 0.879. The molecule has 0 saturated heterocycles. The number of hydrogen-bond donors (Lipinski definition) is 1. The van der Waals surface area contributed by atoms with Crippen molar-refractivity contribution in [1.29, 1.82) is 0 Å². The third kappa shape index (κ3) is 3.59. The van der Waals surface area contributed by atoms with Gasteiger partial charge in [-0.05, 0) is 12.3 Å². The van der Waals surface area contributed by atoms with Crippen molar-refractivity contribution < 1.29 is 0 Å². The van der Waals surface area contributed by atoms with Gasteiger partial charge in [-0.2, -0.15) is 0 Å². The third-order valence-corrected chi connectivity index (χ3v) is 3.90. The van der Waals surface area contributed by atoms with Crippen molar-refractivity contribution in [3.05, 3.63) is 12.4 Å². The van der Waals surface area contributed by atoms with Gasteiger partial charge in [-0.1, -0.05) is 32.1 Å². The Labute approximate surface area is 110 Å². The second-order valence-electron chi connectivity index (χ2n) is 5.23. The topological polar surface area (TPSA) is 41.0 Å². The first-order valence-electron chi connectivity index (χ1n) is 7.00. The summed E-state index contributed by atoms with van der Waals surface area (Å²) in [5.41, 5.74) is 0. The molecule has 1 fully saturated rings. The van der Waals surface area contributed by atoms with E-state index in [4.69, 9.17) is 0 Å². The number of aromatic nitrogens is 2. The van der Waals surface area contributed by atoms with Crippen molar-refractivity contribution in [3.8, 4) is 0 Å². The molecular weight excluding hydrogens is 224 g/mol. The highest BCUT2D eigenvalue weighted by Gasteiger charge is 2.14. The number of anilines is 2. The first-order chi connectivity index (χ1) is 8.79. The van der Waals surface area contributed by atoms with Gasteiger partial charge in [-0.3, -0.25) is 0 Å². The predicted octanol–water partition coefficient (Wildman–Crippen LogP) is 2.92. The molecule has 4 nitrogen and oxygen atoms in total. The molecule has 100 valence electrons. The summed E-state index contributed by atoms with van der Waals surface area (Å²) in [7, 11) is 4.00. The van der Waals surface area contributed by atoms with Crippen molar-refractivity contribution in [1.82, 2.24) is 9.97 Å². The monoisotopic (exact) mass is 248 g/mol. The van der Waals surface area contributed by atoms with E-state index in [-0.39, 0.29) is 0 Å². The molecule has 0 atom stereocenters. The Morgan fingerprint density at radius 1 is 1.28 bits per heavy atom. The average molecular weight is 248 g/mol. The van der Waals surface area contributed by atoms with Gasteiger partial charge in [0.15, 0.2) is 0 Å². The molecule has 0 radical (unpaired) electrons. The predicted molar refractivity (Wildman–Crippen MR) is 76.0 cm³/mol. The molecule has 1 saturated carbocycles.